The zero-order valence-corrected chi connectivity index (χ0v) is 17.0. The fraction of sp³-hybridized carbons (Fsp3) is 0.167. The molecule has 0 atom stereocenters. The number of fused-ring (bicyclic) bond motifs is 2. The van der Waals surface area contributed by atoms with Crippen LogP contribution in [0.15, 0.2) is 71.1 Å². The maximum Gasteiger partial charge on any atom is 0.210 e. The molecule has 0 unspecified atom stereocenters. The fourth-order valence-corrected chi connectivity index (χ4v) is 3.93. The lowest BCUT2D eigenvalue weighted by Crippen LogP contribution is -2.38. The van der Waals surface area contributed by atoms with Crippen LogP contribution in [0.25, 0.3) is 0 Å². The van der Waals surface area contributed by atoms with Gasteiger partial charge < -0.3 is 20.8 Å². The number of carbonyl (C=O) groups is 4. The lowest BCUT2D eigenvalue weighted by molar-refractivity contribution is 0.0945. The minimum atomic E-state index is -0.584. The van der Waals surface area contributed by atoms with Gasteiger partial charge in [0.2, 0.25) is 11.6 Å². The highest BCUT2D eigenvalue weighted by atomic mass is 16.3. The van der Waals surface area contributed by atoms with E-state index < -0.39 is 23.1 Å². The van der Waals surface area contributed by atoms with E-state index in [9.17, 15) is 29.4 Å². The van der Waals surface area contributed by atoms with Crippen molar-refractivity contribution in [3.63, 3.8) is 0 Å². The Bertz CT molecular complexity index is 1130. The Labute approximate surface area is 183 Å². The molecule has 8 heteroatoms. The number of ketones is 4. The largest absolute Gasteiger partial charge is 0.395 e. The van der Waals surface area contributed by atoms with Gasteiger partial charge in [0, 0.05) is 35.3 Å². The van der Waals surface area contributed by atoms with E-state index in [4.69, 9.17) is 0 Å². The normalized spacial score (nSPS) is 15.7. The first-order valence-corrected chi connectivity index (χ1v) is 10.1. The molecule has 8 nitrogen and oxygen atoms in total. The van der Waals surface area contributed by atoms with Crippen LogP contribution < -0.4 is 10.6 Å². The van der Waals surface area contributed by atoms with Crippen LogP contribution in [0.5, 0.6) is 0 Å². The summed E-state index contributed by atoms with van der Waals surface area (Å²) in [7, 11) is 0. The molecule has 162 valence electrons. The van der Waals surface area contributed by atoms with Gasteiger partial charge in [0.25, 0.3) is 0 Å². The van der Waals surface area contributed by atoms with E-state index in [2.05, 4.69) is 10.6 Å². The van der Waals surface area contributed by atoms with E-state index in [-0.39, 0.29) is 71.1 Å². The Hall–Kier alpha value is -3.88. The molecule has 0 saturated carbocycles. The molecule has 0 aliphatic heterocycles. The lowest BCUT2D eigenvalue weighted by Gasteiger charge is -2.27. The van der Waals surface area contributed by atoms with E-state index in [1.165, 1.54) is 24.3 Å². The second-order valence-electron chi connectivity index (χ2n) is 7.21. The molecule has 0 fully saturated rings. The minimum Gasteiger partial charge on any atom is -0.395 e. The van der Waals surface area contributed by atoms with Crippen LogP contribution in [-0.2, 0) is 0 Å². The summed E-state index contributed by atoms with van der Waals surface area (Å²) in [6, 6.07) is 12.5. The van der Waals surface area contributed by atoms with Crippen LogP contribution in [-0.4, -0.2) is 59.6 Å². The summed E-state index contributed by atoms with van der Waals surface area (Å²) >= 11 is 0. The third-order valence-electron chi connectivity index (χ3n) is 5.32. The summed E-state index contributed by atoms with van der Waals surface area (Å²) in [5.74, 6) is -2.20. The first-order valence-electron chi connectivity index (χ1n) is 10.1. The molecule has 0 heterocycles. The number of carbonyl (C=O) groups excluding carboxylic acids is 4. The maximum absolute atomic E-state index is 13.5. The Morgan fingerprint density at radius 2 is 0.844 bits per heavy atom. The predicted molar refractivity (Wildman–Crippen MR) is 114 cm³/mol. The molecule has 2 aromatic rings. The van der Waals surface area contributed by atoms with Gasteiger partial charge in [-0.25, -0.2) is 0 Å². The summed E-state index contributed by atoms with van der Waals surface area (Å²) in [6.45, 7) is -0.703. The van der Waals surface area contributed by atoms with Crippen molar-refractivity contribution < 1.29 is 29.4 Å². The molecule has 4 rings (SSSR count). The molecule has 0 aromatic heterocycles. The van der Waals surface area contributed by atoms with Crippen LogP contribution >= 0.6 is 0 Å². The molecule has 0 radical (unpaired) electrons. The third-order valence-corrected chi connectivity index (χ3v) is 5.32. The summed E-state index contributed by atoms with van der Waals surface area (Å²) in [6.07, 6.45) is 0. The van der Waals surface area contributed by atoms with Crippen molar-refractivity contribution in [3.8, 4) is 0 Å². The van der Waals surface area contributed by atoms with Gasteiger partial charge in [-0.1, -0.05) is 48.5 Å². The molecule has 4 N–H and O–H groups in total. The number of hydrogen-bond acceptors (Lipinski definition) is 8. The van der Waals surface area contributed by atoms with Crippen LogP contribution in [0, 0.1) is 0 Å². The van der Waals surface area contributed by atoms with Gasteiger partial charge in [0.05, 0.1) is 35.8 Å². The summed E-state index contributed by atoms with van der Waals surface area (Å²) in [5, 5.41) is 24.1. The SMILES string of the molecule is O=C1C(NCCO)=C(C2=C(NCCO)C(=O)c3ccccc3C2=O)C(=O)c2ccccc21. The quantitative estimate of drug-likeness (QED) is 0.506. The smallest absolute Gasteiger partial charge is 0.210 e. The van der Waals surface area contributed by atoms with Crippen molar-refractivity contribution in [3.05, 3.63) is 93.3 Å². The molecule has 0 spiro atoms. The molecule has 2 aliphatic rings. The highest BCUT2D eigenvalue weighted by molar-refractivity contribution is 6.36. The standard InChI is InChI=1S/C24H20N2O6/c27-11-9-25-19-17(21(29)13-5-1-3-7-15(13)23(19)31)18-20(26-10-12-28)24(32)16-8-4-2-6-14(16)22(18)30/h1-8,25-28H,9-12H2. The summed E-state index contributed by atoms with van der Waals surface area (Å²) < 4.78 is 0. The number of aliphatic hydroxyl groups is 2. The van der Waals surface area contributed by atoms with E-state index in [1.54, 1.807) is 24.3 Å². The Balaban J connectivity index is 2.01. The van der Waals surface area contributed by atoms with Crippen molar-refractivity contribution in [2.75, 3.05) is 26.3 Å². The molecule has 2 aliphatic carbocycles. The number of hydrogen-bond donors (Lipinski definition) is 4. The number of nitrogens with one attached hydrogen (secondary N) is 2. The molecule has 0 bridgehead atoms. The second kappa shape index (κ2) is 8.70. The summed E-state index contributed by atoms with van der Waals surface area (Å²) in [5.41, 5.74) is -0.177. The summed E-state index contributed by atoms with van der Waals surface area (Å²) in [4.78, 5) is 53.5. The first kappa shape index (κ1) is 21.4. The highest BCUT2D eigenvalue weighted by Gasteiger charge is 2.41. The van der Waals surface area contributed by atoms with E-state index in [1.807, 2.05) is 0 Å². The van der Waals surface area contributed by atoms with Crippen molar-refractivity contribution >= 4 is 23.1 Å². The molecular formula is C24H20N2O6. The van der Waals surface area contributed by atoms with Gasteiger partial charge in [0.1, 0.15) is 0 Å². The number of benzene rings is 2. The monoisotopic (exact) mass is 432 g/mol. The van der Waals surface area contributed by atoms with Gasteiger partial charge in [-0.05, 0) is 0 Å². The van der Waals surface area contributed by atoms with E-state index in [0.717, 1.165) is 0 Å². The molecule has 2 aromatic carbocycles. The lowest BCUT2D eigenvalue weighted by atomic mass is 9.77. The van der Waals surface area contributed by atoms with Gasteiger partial charge in [-0.3, -0.25) is 19.2 Å². The zero-order chi connectivity index (χ0) is 22.8. The number of rotatable bonds is 7. The molecular weight excluding hydrogens is 412 g/mol. The zero-order valence-electron chi connectivity index (χ0n) is 17.0. The fourth-order valence-electron chi connectivity index (χ4n) is 3.93. The van der Waals surface area contributed by atoms with Gasteiger partial charge in [-0.2, -0.15) is 0 Å². The van der Waals surface area contributed by atoms with Crippen molar-refractivity contribution in [2.24, 2.45) is 0 Å². The molecule has 32 heavy (non-hydrogen) atoms. The van der Waals surface area contributed by atoms with Gasteiger partial charge in [0.15, 0.2) is 11.6 Å². The van der Waals surface area contributed by atoms with Crippen LogP contribution in [0.3, 0.4) is 0 Å². The van der Waals surface area contributed by atoms with E-state index in [0.29, 0.717) is 0 Å². The molecule has 0 saturated heterocycles. The van der Waals surface area contributed by atoms with Crippen LogP contribution in [0.1, 0.15) is 41.4 Å². The van der Waals surface area contributed by atoms with Gasteiger partial charge >= 0.3 is 0 Å². The Morgan fingerprint density at radius 3 is 1.16 bits per heavy atom. The number of aliphatic hydroxyl groups excluding tert-OH is 2. The van der Waals surface area contributed by atoms with Crippen LogP contribution in [0.2, 0.25) is 0 Å². The van der Waals surface area contributed by atoms with Gasteiger partial charge in [-0.15, -0.1) is 0 Å². The number of Topliss-reactive ketones (excluding diaryl/α,β-unsaturated/α-hetero) is 4. The van der Waals surface area contributed by atoms with Crippen molar-refractivity contribution in [2.45, 2.75) is 0 Å². The Morgan fingerprint density at radius 1 is 0.531 bits per heavy atom. The number of allylic oxidation sites excluding steroid dienone is 4. The Kier molecular flexibility index (Phi) is 5.81. The average Bonchev–Trinajstić information content (AvgIpc) is 2.82. The van der Waals surface area contributed by atoms with Crippen LogP contribution in [0.4, 0.5) is 0 Å². The average molecular weight is 432 g/mol. The second-order valence-corrected chi connectivity index (χ2v) is 7.21. The van der Waals surface area contributed by atoms with E-state index >= 15 is 0 Å². The minimum absolute atomic E-state index is 0.0363. The molecule has 0 amide bonds. The highest BCUT2D eigenvalue weighted by Crippen LogP contribution is 2.35. The maximum atomic E-state index is 13.5. The topological polar surface area (TPSA) is 133 Å². The van der Waals surface area contributed by atoms with Crippen molar-refractivity contribution in [1.82, 2.24) is 10.6 Å². The van der Waals surface area contributed by atoms with Crippen molar-refractivity contribution in [1.29, 1.82) is 0 Å². The first-order chi connectivity index (χ1) is 15.5. The predicted octanol–water partition coefficient (Wildman–Crippen LogP) is 0.817. The third kappa shape index (κ3) is 3.35.